The fourth-order valence-corrected chi connectivity index (χ4v) is 2.35. The van der Waals surface area contributed by atoms with E-state index >= 15 is 0 Å². The number of likely N-dealkylation sites (N-methyl/N-ethyl adjacent to an activating group) is 1. The number of rotatable bonds is 2. The van der Waals surface area contributed by atoms with Gasteiger partial charge in [0.25, 0.3) is 3.12 Å². The second kappa shape index (κ2) is 6.74. The summed E-state index contributed by atoms with van der Waals surface area (Å²) >= 11 is 17.1. The third-order valence-corrected chi connectivity index (χ3v) is 3.15. The van der Waals surface area contributed by atoms with Crippen molar-refractivity contribution in [2.45, 2.75) is 3.12 Å². The Kier molecular flexibility index (Phi) is 5.84. The number of oxime groups is 1. The maximum absolute atomic E-state index is 11.5. The molecular weight excluding hydrogens is 341 g/mol. The van der Waals surface area contributed by atoms with Crippen molar-refractivity contribution in [3.8, 4) is 0 Å². The van der Waals surface area contributed by atoms with E-state index in [0.717, 1.165) is 4.31 Å². The summed E-state index contributed by atoms with van der Waals surface area (Å²) in [5, 5.41) is 3.34. The number of alkyl halides is 3. The Balaban J connectivity index is 2.55. The molecule has 108 valence electrons. The third-order valence-electron chi connectivity index (χ3n) is 1.90. The van der Waals surface area contributed by atoms with Crippen molar-refractivity contribution in [2.24, 2.45) is 5.16 Å². The average Bonchev–Trinajstić information content (AvgIpc) is 2.28. The summed E-state index contributed by atoms with van der Waals surface area (Å²) in [7, 11) is 2.90. The highest BCUT2D eigenvalue weighted by atomic mass is 35.6. The van der Waals surface area contributed by atoms with Gasteiger partial charge in [0.15, 0.2) is 0 Å². The van der Waals surface area contributed by atoms with Gasteiger partial charge in [-0.1, -0.05) is 34.8 Å². The molecule has 19 heavy (non-hydrogen) atoms. The van der Waals surface area contributed by atoms with Crippen molar-refractivity contribution < 1.29 is 19.2 Å². The molecule has 0 N–H and O–H groups in total. The van der Waals surface area contributed by atoms with Gasteiger partial charge in [0.2, 0.25) is 0 Å². The summed E-state index contributed by atoms with van der Waals surface area (Å²) in [5.74, 6) is -0.773. The molecule has 1 rings (SSSR count). The van der Waals surface area contributed by atoms with Gasteiger partial charge in [0.05, 0.1) is 6.54 Å². The van der Waals surface area contributed by atoms with Crippen LogP contribution in [0.3, 0.4) is 0 Å². The number of nitrogens with zero attached hydrogens (tertiary/aromatic N) is 3. The quantitative estimate of drug-likeness (QED) is 0.329. The monoisotopic (exact) mass is 349 g/mol. The number of carbonyl (C=O) groups is 2. The van der Waals surface area contributed by atoms with E-state index in [9.17, 15) is 9.59 Å². The van der Waals surface area contributed by atoms with Crippen LogP contribution in [0.1, 0.15) is 0 Å². The molecule has 1 fully saturated rings. The first kappa shape index (κ1) is 16.5. The molecule has 0 atom stereocenters. The SMILES string of the molecule is CN1CCOC(=NOC(=O)N(C)SC(Cl)(Cl)Cl)C1=O. The van der Waals surface area contributed by atoms with E-state index in [1.807, 2.05) is 0 Å². The molecule has 0 aliphatic carbocycles. The molecule has 0 bridgehead atoms. The number of morpholine rings is 1. The molecular formula is C8H10Cl3N3O4S. The summed E-state index contributed by atoms with van der Waals surface area (Å²) in [4.78, 5) is 28.9. The minimum atomic E-state index is -1.71. The van der Waals surface area contributed by atoms with Crippen LogP contribution in [0.4, 0.5) is 4.79 Å². The molecule has 0 radical (unpaired) electrons. The Labute approximate surface area is 128 Å². The summed E-state index contributed by atoms with van der Waals surface area (Å²) in [5.41, 5.74) is 0. The van der Waals surface area contributed by atoms with Crippen LogP contribution in [0.15, 0.2) is 5.16 Å². The number of ether oxygens (including phenoxy) is 1. The van der Waals surface area contributed by atoms with Crippen molar-refractivity contribution in [2.75, 3.05) is 27.2 Å². The second-order valence-electron chi connectivity index (χ2n) is 3.36. The first-order valence-corrected chi connectivity index (χ1v) is 6.78. The molecule has 11 heteroatoms. The first-order valence-electron chi connectivity index (χ1n) is 4.87. The molecule has 0 spiro atoms. The maximum atomic E-state index is 11.5. The summed E-state index contributed by atoms with van der Waals surface area (Å²) < 4.78 is 4.18. The van der Waals surface area contributed by atoms with Crippen molar-refractivity contribution in [1.29, 1.82) is 0 Å². The highest BCUT2D eigenvalue weighted by Crippen LogP contribution is 2.40. The molecule has 0 unspecified atom stereocenters. The maximum Gasteiger partial charge on any atom is 0.446 e. The van der Waals surface area contributed by atoms with E-state index in [1.54, 1.807) is 7.05 Å². The van der Waals surface area contributed by atoms with Crippen LogP contribution >= 0.6 is 46.8 Å². The Hall–Kier alpha value is -0.570. The van der Waals surface area contributed by atoms with Crippen molar-refractivity contribution in [3.63, 3.8) is 0 Å². The molecule has 1 saturated heterocycles. The summed E-state index contributed by atoms with van der Waals surface area (Å²) in [6, 6.07) is 0. The van der Waals surface area contributed by atoms with E-state index in [1.165, 1.54) is 11.9 Å². The molecule has 0 aromatic rings. The molecule has 2 amide bonds. The Bertz CT molecular complexity index is 401. The van der Waals surface area contributed by atoms with Gasteiger partial charge in [-0.25, -0.2) is 9.10 Å². The van der Waals surface area contributed by atoms with Crippen molar-refractivity contribution in [1.82, 2.24) is 9.21 Å². The molecule has 1 heterocycles. The van der Waals surface area contributed by atoms with Gasteiger partial charge >= 0.3 is 17.9 Å². The predicted octanol–water partition coefficient (Wildman–Crippen LogP) is 1.83. The van der Waals surface area contributed by atoms with E-state index < -0.39 is 15.1 Å². The zero-order chi connectivity index (χ0) is 14.6. The fraction of sp³-hybridized carbons (Fsp3) is 0.625. The lowest BCUT2D eigenvalue weighted by molar-refractivity contribution is -0.127. The minimum absolute atomic E-state index is 0.275. The largest absolute Gasteiger partial charge is 0.470 e. The highest BCUT2D eigenvalue weighted by molar-refractivity contribution is 8.03. The topological polar surface area (TPSA) is 71.4 Å². The predicted molar refractivity (Wildman–Crippen MR) is 73.1 cm³/mol. The van der Waals surface area contributed by atoms with E-state index in [4.69, 9.17) is 39.5 Å². The summed E-state index contributed by atoms with van der Waals surface area (Å²) in [6.45, 7) is 0.714. The van der Waals surface area contributed by atoms with Crippen molar-refractivity contribution in [3.05, 3.63) is 0 Å². The van der Waals surface area contributed by atoms with Gasteiger partial charge < -0.3 is 9.64 Å². The normalized spacial score (nSPS) is 18.3. The van der Waals surface area contributed by atoms with E-state index in [-0.39, 0.29) is 12.5 Å². The van der Waals surface area contributed by atoms with Crippen LogP contribution in [-0.2, 0) is 14.4 Å². The zero-order valence-corrected chi connectivity index (χ0v) is 13.0. The van der Waals surface area contributed by atoms with Gasteiger partial charge in [-0.2, -0.15) is 0 Å². The smallest absolute Gasteiger partial charge is 0.446 e. The number of halogens is 3. The van der Waals surface area contributed by atoms with Gasteiger partial charge in [-0.05, 0) is 5.16 Å². The summed E-state index contributed by atoms with van der Waals surface area (Å²) in [6.07, 6.45) is -0.909. The first-order chi connectivity index (χ1) is 8.70. The number of hydrogen-bond donors (Lipinski definition) is 0. The second-order valence-corrected chi connectivity index (χ2v) is 7.66. The van der Waals surface area contributed by atoms with Crippen LogP contribution in [0.2, 0.25) is 0 Å². The third kappa shape index (κ3) is 5.52. The van der Waals surface area contributed by atoms with Crippen LogP contribution in [0.5, 0.6) is 0 Å². The van der Waals surface area contributed by atoms with E-state index in [0.29, 0.717) is 18.5 Å². The van der Waals surface area contributed by atoms with Crippen LogP contribution in [0.25, 0.3) is 0 Å². The lowest BCUT2D eigenvalue weighted by Crippen LogP contribution is -2.42. The van der Waals surface area contributed by atoms with E-state index in [2.05, 4.69) is 9.99 Å². The molecule has 0 saturated carbocycles. The molecule has 7 nitrogen and oxygen atoms in total. The Morgan fingerprint density at radius 3 is 2.79 bits per heavy atom. The van der Waals surface area contributed by atoms with Crippen LogP contribution < -0.4 is 0 Å². The zero-order valence-electron chi connectivity index (χ0n) is 9.93. The lowest BCUT2D eigenvalue weighted by Gasteiger charge is -2.23. The highest BCUT2D eigenvalue weighted by Gasteiger charge is 2.28. The molecule has 0 aromatic heterocycles. The Morgan fingerprint density at radius 1 is 1.58 bits per heavy atom. The lowest BCUT2D eigenvalue weighted by atomic mass is 10.4. The molecule has 1 aliphatic rings. The van der Waals surface area contributed by atoms with Gasteiger partial charge in [0, 0.05) is 26.0 Å². The fourth-order valence-electron chi connectivity index (χ4n) is 1.00. The van der Waals surface area contributed by atoms with Crippen molar-refractivity contribution >= 4 is 64.6 Å². The van der Waals surface area contributed by atoms with Gasteiger partial charge in [-0.15, -0.1) is 0 Å². The molecule has 0 aromatic carbocycles. The standard InChI is InChI=1S/C8H10Cl3N3O4S/c1-13-3-4-17-5(6(13)15)12-18-7(16)14(2)19-8(9,10)11/h3-4H2,1-2H3. The Morgan fingerprint density at radius 2 is 2.21 bits per heavy atom. The number of amides is 2. The van der Waals surface area contributed by atoms with Crippen LogP contribution in [0, 0.1) is 0 Å². The number of carbonyl (C=O) groups excluding carboxylic acids is 2. The van der Waals surface area contributed by atoms with Gasteiger partial charge in [0.1, 0.15) is 6.61 Å². The number of hydrogen-bond acceptors (Lipinski definition) is 6. The average molecular weight is 351 g/mol. The van der Waals surface area contributed by atoms with Crippen LogP contribution in [-0.4, -0.2) is 57.5 Å². The molecule has 1 aliphatic heterocycles. The van der Waals surface area contributed by atoms with Gasteiger partial charge in [-0.3, -0.25) is 9.63 Å². The minimum Gasteiger partial charge on any atom is -0.470 e.